The van der Waals surface area contributed by atoms with Crippen molar-refractivity contribution in [3.05, 3.63) is 180 Å². The van der Waals surface area contributed by atoms with Gasteiger partial charge in [0, 0.05) is 150 Å². The van der Waals surface area contributed by atoms with E-state index in [-0.39, 0.29) is 141 Å². The van der Waals surface area contributed by atoms with E-state index in [2.05, 4.69) is 50.5 Å². The van der Waals surface area contributed by atoms with E-state index in [1.165, 1.54) is 14.7 Å². The lowest BCUT2D eigenvalue weighted by molar-refractivity contribution is -0.139. The van der Waals surface area contributed by atoms with Crippen LogP contribution in [0.5, 0.6) is 0 Å². The topological polar surface area (TPSA) is 646 Å². The number of benzene rings is 5. The highest BCUT2D eigenvalue weighted by atomic mass is 16.4. The van der Waals surface area contributed by atoms with Crippen molar-refractivity contribution in [1.82, 2.24) is 50.3 Å². The van der Waals surface area contributed by atoms with Gasteiger partial charge in [-0.2, -0.15) is 0 Å². The third kappa shape index (κ3) is 26.0. The Morgan fingerprint density at radius 2 is 0.691 bits per heavy atom. The Kier molecular flexibility index (Phi) is 35.1. The number of aliphatic hydroxyl groups is 9. The van der Waals surface area contributed by atoms with E-state index in [4.69, 9.17) is 63.7 Å². The fourth-order valence-electron chi connectivity index (χ4n) is 18.7. The Labute approximate surface area is 804 Å². The molecule has 740 valence electrons. The maximum absolute atomic E-state index is 16.2. The summed E-state index contributed by atoms with van der Waals surface area (Å²) in [6.45, 7) is 8.23. The van der Waals surface area contributed by atoms with Gasteiger partial charge in [-0.1, -0.05) is 125 Å². The molecule has 0 spiro atoms. The number of amides is 3. The van der Waals surface area contributed by atoms with Crippen molar-refractivity contribution in [1.29, 1.82) is 10.8 Å². The van der Waals surface area contributed by atoms with E-state index in [0.717, 1.165) is 54.5 Å². The fourth-order valence-corrected chi connectivity index (χ4v) is 18.7. The molecule has 0 bridgehead atoms. The van der Waals surface area contributed by atoms with Crippen molar-refractivity contribution in [2.75, 3.05) is 39.3 Å². The van der Waals surface area contributed by atoms with Crippen LogP contribution >= 0.6 is 0 Å². The molecule has 3 aliphatic rings. The number of aromatic nitrogens is 5. The largest absolute Gasteiger partial charge is 0.495 e. The number of carboxylic acid groups (broad SMARTS) is 1. The van der Waals surface area contributed by atoms with E-state index in [0.29, 0.717) is 72.8 Å². The number of para-hydroxylation sites is 5. The molecule has 3 aliphatic heterocycles. The summed E-state index contributed by atoms with van der Waals surface area (Å²) in [5.74, 6) is -9.56. The maximum atomic E-state index is 16.2. The summed E-state index contributed by atoms with van der Waals surface area (Å²) in [6, 6.07) is 20.5. The van der Waals surface area contributed by atoms with Crippen molar-refractivity contribution in [3.8, 4) is 0 Å². The fraction of sp³-hybridized carbons (Fsp3) is 0.450. The van der Waals surface area contributed by atoms with Crippen LogP contribution in [0.1, 0.15) is 152 Å². The van der Waals surface area contributed by atoms with Crippen LogP contribution in [0.25, 0.3) is 54.5 Å². The average molecular weight is 1910 g/mol. The van der Waals surface area contributed by atoms with Gasteiger partial charge in [-0.05, 0) is 166 Å². The second-order valence-electron chi connectivity index (χ2n) is 36.6. The van der Waals surface area contributed by atoms with Crippen molar-refractivity contribution in [2.45, 2.75) is 235 Å². The molecule has 8 heterocycles. The molecule has 5 aromatic heterocycles. The summed E-state index contributed by atoms with van der Waals surface area (Å²) in [4.78, 5) is 123. The number of likely N-dealkylation sites (tertiary alicyclic amines) is 3. The molecule has 0 aliphatic carbocycles. The third-order valence-corrected chi connectivity index (χ3v) is 26.2. The number of hydrogen-bond donors (Lipinski definition) is 23. The molecule has 0 radical (unpaired) electrons. The van der Waals surface area contributed by atoms with E-state index in [9.17, 15) is 55.9 Å². The summed E-state index contributed by atoms with van der Waals surface area (Å²) < 4.78 is 0. The number of aliphatic carboxylic acids is 1. The van der Waals surface area contributed by atoms with Gasteiger partial charge in [-0.15, -0.1) is 0 Å². The van der Waals surface area contributed by atoms with E-state index in [1.54, 1.807) is 37.9 Å². The molecule has 14 atom stereocenters. The standard InChI is InChI=1S/C100H131N25O14/c1-5-57(4)85(98(138)139)122-91(131)76(45-56(2)3)116-92(132)82-36-20-42-123(82)95(135)79(48-60-53-111-71-31-13-8-25-65(60)71)119-87(127)74(34-16-17-39-101)115-89(129)77(46-58-51-109-69-29-11-6-23-63(58)69)117-93(133)83-37-22-44-125(83)97(137)81(50-62-55-113-73-33-15-10-27-67(62)73)121-90(130)78(47-59-52-110-70-30-12-7-24-64(59)70)118-94(134)84-38-21-43-124(84)96(136)80(49-61-54-112-72-32-14-9-26-66(61)72)120-88(128)75(35-19-41-108-100(105)106)114-86(126)68(102)28-18-40-107-99(103)104/h6-15,23-27,29-33,51-57,68,74-85,109-113H,5,16-22,28,34-50,101-102H2,1-4H3,(H,114,126)(H,115,129)(H,116,132)(H,117,133)(H,118,134)(H,119,127)(H,120,128)(H,121,130)(H,122,131)(H,138,139)(H4,103,104,107)(H4,105,106,108). The molecule has 0 saturated carbocycles. The second-order valence-corrected chi connectivity index (χ2v) is 36.6. The molecule has 14 unspecified atom stereocenters. The van der Waals surface area contributed by atoms with Gasteiger partial charge in [0.15, 0.2) is 23.9 Å². The Bertz CT molecular complexity index is 6240. The lowest BCUT2D eigenvalue weighted by Gasteiger charge is -2.28. The van der Waals surface area contributed by atoms with Crippen molar-refractivity contribution in [2.24, 2.45) is 79.7 Å². The number of unbranched alkanes of at least 4 members (excludes halogenated alkanes) is 1. The number of carboxylic acids is 1. The molecule has 27 N–H and O–H groups in total. The predicted molar refractivity (Wildman–Crippen MR) is 545 cm³/mol. The molecule has 5 aromatic carbocycles. The normalized spacial score (nSPS) is 18.9. The quantitative estimate of drug-likeness (QED) is 0.00956. The number of rotatable bonds is 48. The number of carbonyl (C=O) groups is 4. The molecule has 10 aromatic rings. The number of fused-ring (bicyclic) bond motifs is 5. The van der Waals surface area contributed by atoms with Crippen molar-refractivity contribution < 1.29 is 70.2 Å². The lowest BCUT2D eigenvalue weighted by atomic mass is 9.99. The van der Waals surface area contributed by atoms with E-state index < -0.39 is 161 Å². The Morgan fingerprint density at radius 1 is 0.396 bits per heavy atom. The number of nitrogens with zero attached hydrogens (tertiary/aromatic N) is 12. The first kappa shape index (κ1) is 102. The highest BCUT2D eigenvalue weighted by Gasteiger charge is 2.43. The van der Waals surface area contributed by atoms with Crippen molar-refractivity contribution in [3.63, 3.8) is 0 Å². The van der Waals surface area contributed by atoms with E-state index >= 15 is 14.4 Å². The Morgan fingerprint density at radius 3 is 1.01 bits per heavy atom. The molecule has 3 fully saturated rings. The molecule has 13 rings (SSSR count). The Hall–Kier alpha value is -14.6. The van der Waals surface area contributed by atoms with Gasteiger partial charge < -0.3 is 124 Å². The van der Waals surface area contributed by atoms with Gasteiger partial charge >= 0.3 is 5.97 Å². The zero-order valence-electron chi connectivity index (χ0n) is 78.8. The zero-order chi connectivity index (χ0) is 99.1. The van der Waals surface area contributed by atoms with Gasteiger partial charge in [0.2, 0.25) is 64.9 Å². The minimum Gasteiger partial charge on any atom is -0.495 e. The highest BCUT2D eigenvalue weighted by Crippen LogP contribution is 2.33. The van der Waals surface area contributed by atoms with Crippen LogP contribution in [0.2, 0.25) is 0 Å². The van der Waals surface area contributed by atoms with Crippen LogP contribution in [0, 0.1) is 22.7 Å². The predicted octanol–water partition coefficient (Wildman–Crippen LogP) is 11.7. The lowest BCUT2D eigenvalue weighted by Crippen LogP contribution is -2.47. The first-order chi connectivity index (χ1) is 66.9. The number of H-pyrrole nitrogens is 5. The summed E-state index contributed by atoms with van der Waals surface area (Å²) in [5.41, 5.74) is 30.6. The molecule has 39 nitrogen and oxygen atoms in total. The van der Waals surface area contributed by atoms with Gasteiger partial charge in [0.25, 0.3) is 0 Å². The van der Waals surface area contributed by atoms with Crippen LogP contribution < -0.4 is 33.6 Å². The van der Waals surface area contributed by atoms with Gasteiger partial charge in [0.1, 0.15) is 66.5 Å². The molecule has 3 saturated heterocycles. The van der Waals surface area contributed by atoms with Crippen molar-refractivity contribution >= 4 is 143 Å². The maximum Gasteiger partial charge on any atom is 0.328 e. The van der Waals surface area contributed by atoms with Crippen LogP contribution in [-0.4, -0.2) is 297 Å². The summed E-state index contributed by atoms with van der Waals surface area (Å²) in [6.07, 6.45) is 12.1. The molecule has 3 amide bonds. The molecule has 39 heteroatoms. The number of aliphatic imine (C=N–C) groups is 9. The number of carbonyl (C=O) groups excluding carboxylic acids is 3. The highest BCUT2D eigenvalue weighted by molar-refractivity contribution is 6.00. The van der Waals surface area contributed by atoms with Crippen LogP contribution in [0.4, 0.5) is 0 Å². The van der Waals surface area contributed by atoms with Crippen LogP contribution in [-0.2, 0) is 51.3 Å². The Balaban J connectivity index is 0.846. The minimum atomic E-state index is -1.49. The average Bonchev–Trinajstić information content (AvgIpc) is 1.66. The molecular formula is C100H131N25O14. The second kappa shape index (κ2) is 47.9. The monoisotopic (exact) mass is 1910 g/mol. The number of nitrogens with two attached hydrogens (primary N) is 4. The van der Waals surface area contributed by atoms with Gasteiger partial charge in [-0.25, -0.2) is 49.7 Å². The van der Waals surface area contributed by atoms with Crippen LogP contribution in [0.3, 0.4) is 0 Å². The number of nitrogens with one attached hydrogen (secondary N) is 9. The summed E-state index contributed by atoms with van der Waals surface area (Å²) in [5, 5.41) is 146. The van der Waals surface area contributed by atoms with Gasteiger partial charge in [0.05, 0.1) is 6.04 Å². The first-order valence-corrected chi connectivity index (χ1v) is 47.8. The number of aliphatic hydroxyl groups excluding tert-OH is 9. The van der Waals surface area contributed by atoms with Gasteiger partial charge in [-0.3, -0.25) is 25.2 Å². The number of guanidine groups is 2. The van der Waals surface area contributed by atoms with Crippen LogP contribution in [0.15, 0.2) is 197 Å². The zero-order valence-corrected chi connectivity index (χ0v) is 78.8. The minimum absolute atomic E-state index is 0.0268. The molecular weight excluding hydrogens is 1780 g/mol. The van der Waals surface area contributed by atoms with E-state index in [1.807, 2.05) is 142 Å². The molecule has 139 heavy (non-hydrogen) atoms. The number of hydrogen-bond acceptors (Lipinski definition) is 17. The summed E-state index contributed by atoms with van der Waals surface area (Å²) >= 11 is 0. The smallest absolute Gasteiger partial charge is 0.328 e. The first-order valence-electron chi connectivity index (χ1n) is 47.8. The number of aromatic amines is 5. The third-order valence-electron chi connectivity index (χ3n) is 26.2. The SMILES string of the molecule is CCC(C)C(N=C(O)C(CC(C)C)N=C(O)C1CCCN1C(=O)C(Cc1c[nH]c2ccccc12)N=C(O)C(CCCCN)N=C(O)C(Cc1c[nH]c2ccccc12)N=C(O)C1CCCN1C(=O)C(Cc1c[nH]c2ccccc12)N=C(O)C(Cc1c[nH]c2ccccc12)N=C(O)C1CCCN1C(=O)C(Cc1c[nH]c2ccccc12)N=C(O)C(CCCNC(=N)N)N=C(O)C(N)CCCNC(=N)N)C(=O)O. The summed E-state index contributed by atoms with van der Waals surface area (Å²) in [7, 11) is 0.